The van der Waals surface area contributed by atoms with Crippen LogP contribution < -0.4 is 5.32 Å². The molecule has 0 bridgehead atoms. The lowest BCUT2D eigenvalue weighted by Gasteiger charge is -2.23. The highest BCUT2D eigenvalue weighted by atomic mass is 16.1. The number of carbonyl (C=O) groups excluding carboxylic acids is 1. The number of rotatable bonds is 5. The summed E-state index contributed by atoms with van der Waals surface area (Å²) in [6.45, 7) is 5.28. The summed E-state index contributed by atoms with van der Waals surface area (Å²) in [5, 5.41) is 2.72. The normalized spacial score (nSPS) is 16.0. The highest BCUT2D eigenvalue weighted by molar-refractivity contribution is 5.50. The molecule has 0 aromatic heterocycles. The Morgan fingerprint density at radius 2 is 2.36 bits per heavy atom. The summed E-state index contributed by atoms with van der Waals surface area (Å²) in [5.41, 5.74) is 2.27. The van der Waals surface area contributed by atoms with Crippen LogP contribution in [0.5, 0.6) is 0 Å². The van der Waals surface area contributed by atoms with Gasteiger partial charge in [-0.1, -0.05) is 18.9 Å². The van der Waals surface area contributed by atoms with Gasteiger partial charge < -0.3 is 10.2 Å². The summed E-state index contributed by atoms with van der Waals surface area (Å²) in [7, 11) is 0. The molecule has 0 saturated carbocycles. The van der Waals surface area contributed by atoms with Gasteiger partial charge in [0.25, 0.3) is 0 Å². The van der Waals surface area contributed by atoms with Gasteiger partial charge in [-0.25, -0.2) is 0 Å². The number of hydrogen-bond donors (Lipinski definition) is 1. The van der Waals surface area contributed by atoms with Crippen LogP contribution in [0.15, 0.2) is 23.7 Å². The molecule has 78 valence electrons. The topological polar surface area (TPSA) is 32.3 Å². The van der Waals surface area contributed by atoms with Crippen molar-refractivity contribution < 1.29 is 4.79 Å². The summed E-state index contributed by atoms with van der Waals surface area (Å²) >= 11 is 0. The fourth-order valence-corrected chi connectivity index (χ4v) is 1.55. The smallest absolute Gasteiger partial charge is 0.211 e. The average Bonchev–Trinajstić information content (AvgIpc) is 2.14. The molecule has 0 aliphatic carbocycles. The molecule has 1 aliphatic heterocycles. The van der Waals surface area contributed by atoms with Crippen molar-refractivity contribution in [3.05, 3.63) is 23.7 Å². The van der Waals surface area contributed by atoms with Gasteiger partial charge in [-0.2, -0.15) is 0 Å². The molecule has 1 N–H and O–H groups in total. The molecular weight excluding hydrogens is 176 g/mol. The Balaban J connectivity index is 2.54. The molecule has 0 fully saturated rings. The number of unbranched alkanes of at least 4 members (excludes halogenated alkanes) is 1. The molecule has 3 nitrogen and oxygen atoms in total. The number of carbonyl (C=O) groups is 1. The van der Waals surface area contributed by atoms with Gasteiger partial charge >= 0.3 is 0 Å². The quantitative estimate of drug-likeness (QED) is 0.679. The summed E-state index contributed by atoms with van der Waals surface area (Å²) in [5.74, 6) is 0. The van der Waals surface area contributed by atoms with Crippen molar-refractivity contribution in [3.63, 3.8) is 0 Å². The van der Waals surface area contributed by atoms with Crippen molar-refractivity contribution in [3.8, 4) is 0 Å². The molecule has 14 heavy (non-hydrogen) atoms. The lowest BCUT2D eigenvalue weighted by atomic mass is 10.1. The number of hydrogen-bond acceptors (Lipinski definition) is 2. The van der Waals surface area contributed by atoms with Crippen molar-refractivity contribution in [2.24, 2.45) is 0 Å². The highest BCUT2D eigenvalue weighted by Crippen LogP contribution is 2.16. The molecule has 0 atom stereocenters. The van der Waals surface area contributed by atoms with Crippen molar-refractivity contribution in [2.75, 3.05) is 6.54 Å². The summed E-state index contributed by atoms with van der Waals surface area (Å²) in [4.78, 5) is 12.5. The van der Waals surface area contributed by atoms with E-state index in [9.17, 15) is 4.79 Å². The van der Waals surface area contributed by atoms with Crippen LogP contribution >= 0.6 is 0 Å². The van der Waals surface area contributed by atoms with E-state index in [4.69, 9.17) is 0 Å². The van der Waals surface area contributed by atoms with Crippen molar-refractivity contribution >= 4 is 6.41 Å². The summed E-state index contributed by atoms with van der Waals surface area (Å²) in [6, 6.07) is 0. The third-order valence-corrected chi connectivity index (χ3v) is 2.19. The molecule has 0 aromatic rings. The number of allylic oxidation sites excluding steroid dienone is 1. The standard InChI is InChI=1S/C11H18N2O/c1-3-4-5-13-7-10(2)6-11(8-13)12-9-14/h7-9H,3-6H2,1-2H3,(H,12,14). The van der Waals surface area contributed by atoms with E-state index in [-0.39, 0.29) is 0 Å². The molecule has 0 aromatic carbocycles. The molecule has 0 radical (unpaired) electrons. The second kappa shape index (κ2) is 5.47. The molecule has 1 heterocycles. The van der Waals surface area contributed by atoms with Crippen molar-refractivity contribution in [1.29, 1.82) is 0 Å². The van der Waals surface area contributed by atoms with Gasteiger partial charge in [-0.3, -0.25) is 4.79 Å². The maximum Gasteiger partial charge on any atom is 0.211 e. The summed E-state index contributed by atoms with van der Waals surface area (Å²) in [6.07, 6.45) is 8.11. The van der Waals surface area contributed by atoms with Crippen LogP contribution in [0.2, 0.25) is 0 Å². The number of amides is 1. The van der Waals surface area contributed by atoms with Crippen molar-refractivity contribution in [2.45, 2.75) is 33.1 Å². The zero-order valence-corrected chi connectivity index (χ0v) is 8.92. The second-order valence-electron chi connectivity index (χ2n) is 3.66. The lowest BCUT2D eigenvalue weighted by molar-refractivity contribution is -0.109. The fraction of sp³-hybridized carbons (Fsp3) is 0.545. The Bertz CT molecular complexity index is 256. The lowest BCUT2D eigenvalue weighted by Crippen LogP contribution is -2.21. The first-order valence-electron chi connectivity index (χ1n) is 5.10. The van der Waals surface area contributed by atoms with Gasteiger partial charge in [0, 0.05) is 31.1 Å². The van der Waals surface area contributed by atoms with E-state index in [0.29, 0.717) is 0 Å². The Morgan fingerprint density at radius 1 is 1.57 bits per heavy atom. The maximum atomic E-state index is 10.3. The maximum absolute atomic E-state index is 10.3. The van der Waals surface area contributed by atoms with Crippen LogP contribution in [0.3, 0.4) is 0 Å². The molecule has 1 rings (SSSR count). The van der Waals surface area contributed by atoms with Gasteiger partial charge in [-0.05, 0) is 13.3 Å². The van der Waals surface area contributed by atoms with Gasteiger partial charge in [0.1, 0.15) is 0 Å². The van der Waals surface area contributed by atoms with E-state index in [1.807, 2.05) is 6.20 Å². The third kappa shape index (κ3) is 3.24. The van der Waals surface area contributed by atoms with Crippen LogP contribution in [0, 0.1) is 0 Å². The molecule has 0 saturated heterocycles. The minimum Gasteiger partial charge on any atom is -0.353 e. The van der Waals surface area contributed by atoms with E-state index < -0.39 is 0 Å². The Hall–Kier alpha value is -1.25. The molecule has 0 unspecified atom stereocenters. The van der Waals surface area contributed by atoms with Gasteiger partial charge in [-0.15, -0.1) is 0 Å². The van der Waals surface area contributed by atoms with E-state index in [1.54, 1.807) is 0 Å². The molecular formula is C11H18N2O. The SMILES string of the molecule is CCCCN1C=C(C)CC(NC=O)=C1. The van der Waals surface area contributed by atoms with Gasteiger partial charge in [0.05, 0.1) is 0 Å². The minimum atomic E-state index is 0.739. The van der Waals surface area contributed by atoms with Crippen LogP contribution in [-0.4, -0.2) is 17.9 Å². The molecule has 1 aliphatic rings. The predicted octanol–water partition coefficient (Wildman–Crippen LogP) is 1.98. The van der Waals surface area contributed by atoms with Crippen LogP contribution in [0.4, 0.5) is 0 Å². The summed E-state index contributed by atoms with van der Waals surface area (Å²) < 4.78 is 0. The monoisotopic (exact) mass is 194 g/mol. The highest BCUT2D eigenvalue weighted by Gasteiger charge is 2.07. The molecule has 0 spiro atoms. The van der Waals surface area contributed by atoms with Crippen molar-refractivity contribution in [1.82, 2.24) is 10.2 Å². The molecule has 1 amide bonds. The fourth-order valence-electron chi connectivity index (χ4n) is 1.55. The number of nitrogens with one attached hydrogen (secondary N) is 1. The largest absolute Gasteiger partial charge is 0.353 e. The number of nitrogens with zero attached hydrogens (tertiary/aromatic N) is 1. The Labute approximate surface area is 85.5 Å². The average molecular weight is 194 g/mol. The van der Waals surface area contributed by atoms with Crippen LogP contribution in [-0.2, 0) is 4.79 Å². The minimum absolute atomic E-state index is 0.739. The van der Waals surface area contributed by atoms with Gasteiger partial charge in [0.15, 0.2) is 0 Å². The van der Waals surface area contributed by atoms with E-state index in [2.05, 4.69) is 30.3 Å². The zero-order valence-electron chi connectivity index (χ0n) is 8.92. The van der Waals surface area contributed by atoms with E-state index in [1.165, 1.54) is 18.4 Å². The van der Waals surface area contributed by atoms with Crippen LogP contribution in [0.25, 0.3) is 0 Å². The van der Waals surface area contributed by atoms with Crippen LogP contribution in [0.1, 0.15) is 33.1 Å². The zero-order chi connectivity index (χ0) is 10.4. The third-order valence-electron chi connectivity index (χ3n) is 2.19. The predicted molar refractivity (Wildman–Crippen MR) is 57.3 cm³/mol. The second-order valence-corrected chi connectivity index (χ2v) is 3.66. The van der Waals surface area contributed by atoms with E-state index in [0.717, 1.165) is 25.1 Å². The first-order chi connectivity index (χ1) is 6.76. The Kier molecular flexibility index (Phi) is 4.23. The van der Waals surface area contributed by atoms with Gasteiger partial charge in [0.2, 0.25) is 6.41 Å². The first-order valence-corrected chi connectivity index (χ1v) is 5.10. The van der Waals surface area contributed by atoms with E-state index >= 15 is 0 Å². The molecule has 3 heteroatoms. The first kappa shape index (κ1) is 10.8. The Morgan fingerprint density at radius 3 is 3.00 bits per heavy atom.